The first-order chi connectivity index (χ1) is 9.24. The van der Waals surface area contributed by atoms with E-state index in [-0.39, 0.29) is 0 Å². The Labute approximate surface area is 112 Å². The van der Waals surface area contributed by atoms with E-state index in [1.54, 1.807) is 12.1 Å². The van der Waals surface area contributed by atoms with Gasteiger partial charge in [0.05, 0.1) is 5.56 Å². The Hall–Kier alpha value is -1.87. The number of aromatic carboxylic acids is 1. The normalized spacial score (nSPS) is 16.6. The quantitative estimate of drug-likeness (QED) is 0.867. The maximum atomic E-state index is 11.0. The van der Waals surface area contributed by atoms with Crippen LogP contribution in [0.3, 0.4) is 0 Å². The van der Waals surface area contributed by atoms with E-state index in [0.717, 1.165) is 23.9 Å². The molecule has 1 saturated heterocycles. The number of rotatable bonds is 2. The zero-order valence-corrected chi connectivity index (χ0v) is 10.7. The van der Waals surface area contributed by atoms with Crippen LogP contribution in [0.25, 0.3) is 10.8 Å². The lowest BCUT2D eigenvalue weighted by Crippen LogP contribution is -2.26. The third kappa shape index (κ3) is 2.47. The fourth-order valence-corrected chi connectivity index (χ4v) is 2.81. The minimum Gasteiger partial charge on any atom is -0.478 e. The van der Waals surface area contributed by atoms with E-state index >= 15 is 0 Å². The van der Waals surface area contributed by atoms with Crippen LogP contribution >= 0.6 is 0 Å². The molecule has 0 unspecified atom stereocenters. The first-order valence-corrected chi connectivity index (χ1v) is 6.72. The monoisotopic (exact) mass is 255 g/mol. The zero-order valence-electron chi connectivity index (χ0n) is 10.7. The molecule has 1 aliphatic heterocycles. The molecule has 0 saturated carbocycles. The topological polar surface area (TPSA) is 49.3 Å². The van der Waals surface area contributed by atoms with Crippen LogP contribution in [-0.2, 0) is 0 Å². The molecule has 0 bridgehead atoms. The molecule has 0 radical (unpaired) electrons. The highest BCUT2D eigenvalue weighted by atomic mass is 16.4. The number of piperidine rings is 1. The molecule has 1 heterocycles. The van der Waals surface area contributed by atoms with Crippen LogP contribution in [0, 0.1) is 0 Å². The fourth-order valence-electron chi connectivity index (χ4n) is 2.81. The van der Waals surface area contributed by atoms with Crippen molar-refractivity contribution in [3.8, 4) is 0 Å². The molecule has 3 rings (SSSR count). The van der Waals surface area contributed by atoms with Crippen LogP contribution in [0.4, 0.5) is 0 Å². The van der Waals surface area contributed by atoms with E-state index in [9.17, 15) is 4.79 Å². The van der Waals surface area contributed by atoms with Gasteiger partial charge >= 0.3 is 5.97 Å². The number of hydrogen-bond donors (Lipinski definition) is 2. The maximum Gasteiger partial charge on any atom is 0.335 e. The summed E-state index contributed by atoms with van der Waals surface area (Å²) < 4.78 is 0. The molecule has 2 aromatic carbocycles. The molecule has 1 aliphatic rings. The summed E-state index contributed by atoms with van der Waals surface area (Å²) in [5.74, 6) is -0.242. The van der Waals surface area contributed by atoms with Crippen molar-refractivity contribution in [2.75, 3.05) is 13.1 Å². The molecule has 0 aromatic heterocycles. The van der Waals surface area contributed by atoms with Crippen LogP contribution in [0.5, 0.6) is 0 Å². The number of benzene rings is 2. The highest BCUT2D eigenvalue weighted by molar-refractivity contribution is 5.94. The van der Waals surface area contributed by atoms with Crippen molar-refractivity contribution in [1.29, 1.82) is 0 Å². The number of carboxylic acids is 1. The SMILES string of the molecule is O=C(O)c1ccc2cc(C3CCNCC3)ccc2c1. The molecule has 0 spiro atoms. The lowest BCUT2D eigenvalue weighted by atomic mass is 9.89. The molecule has 3 heteroatoms. The second kappa shape index (κ2) is 5.02. The van der Waals surface area contributed by atoms with Gasteiger partial charge in [0, 0.05) is 0 Å². The number of carbonyl (C=O) groups is 1. The van der Waals surface area contributed by atoms with Gasteiger partial charge in [-0.15, -0.1) is 0 Å². The van der Waals surface area contributed by atoms with Gasteiger partial charge in [0.2, 0.25) is 0 Å². The summed E-state index contributed by atoms with van der Waals surface area (Å²) in [6.45, 7) is 2.17. The highest BCUT2D eigenvalue weighted by Crippen LogP contribution is 2.28. The van der Waals surface area contributed by atoms with Crippen molar-refractivity contribution in [3.63, 3.8) is 0 Å². The summed E-state index contributed by atoms with van der Waals surface area (Å²) in [5.41, 5.74) is 1.72. The molecule has 2 N–H and O–H groups in total. The molecule has 0 atom stereocenters. The van der Waals surface area contributed by atoms with Gasteiger partial charge in [0.1, 0.15) is 0 Å². The maximum absolute atomic E-state index is 11.0. The summed E-state index contributed by atoms with van der Waals surface area (Å²) in [4.78, 5) is 11.0. The van der Waals surface area contributed by atoms with Crippen molar-refractivity contribution in [1.82, 2.24) is 5.32 Å². The molecule has 3 nitrogen and oxygen atoms in total. The molecular formula is C16H17NO2. The van der Waals surface area contributed by atoms with E-state index in [2.05, 4.69) is 17.4 Å². The summed E-state index contributed by atoms with van der Waals surface area (Å²) >= 11 is 0. The third-order valence-electron chi connectivity index (χ3n) is 3.92. The van der Waals surface area contributed by atoms with E-state index in [1.165, 1.54) is 18.4 Å². The van der Waals surface area contributed by atoms with Gasteiger partial charge in [0.25, 0.3) is 0 Å². The number of hydrogen-bond acceptors (Lipinski definition) is 2. The smallest absolute Gasteiger partial charge is 0.335 e. The van der Waals surface area contributed by atoms with E-state index in [0.29, 0.717) is 11.5 Å². The molecule has 0 aliphatic carbocycles. The van der Waals surface area contributed by atoms with Crippen LogP contribution in [0.2, 0.25) is 0 Å². The van der Waals surface area contributed by atoms with Gasteiger partial charge in [-0.2, -0.15) is 0 Å². The van der Waals surface area contributed by atoms with E-state index in [4.69, 9.17) is 5.11 Å². The van der Waals surface area contributed by atoms with Crippen molar-refractivity contribution >= 4 is 16.7 Å². The van der Waals surface area contributed by atoms with Gasteiger partial charge < -0.3 is 10.4 Å². The third-order valence-corrected chi connectivity index (χ3v) is 3.92. The molecule has 2 aromatic rings. The molecule has 0 amide bonds. The predicted octanol–water partition coefficient (Wildman–Crippen LogP) is 3.01. The van der Waals surface area contributed by atoms with Gasteiger partial charge in [-0.1, -0.05) is 24.3 Å². The average molecular weight is 255 g/mol. The van der Waals surface area contributed by atoms with Crippen LogP contribution in [-0.4, -0.2) is 24.2 Å². The summed E-state index contributed by atoms with van der Waals surface area (Å²) in [7, 11) is 0. The second-order valence-corrected chi connectivity index (χ2v) is 5.15. The Balaban J connectivity index is 1.97. The van der Waals surface area contributed by atoms with Crippen molar-refractivity contribution in [3.05, 3.63) is 47.5 Å². The highest BCUT2D eigenvalue weighted by Gasteiger charge is 2.15. The van der Waals surface area contributed by atoms with Crippen molar-refractivity contribution in [2.24, 2.45) is 0 Å². The Morgan fingerprint density at radius 2 is 1.74 bits per heavy atom. The van der Waals surface area contributed by atoms with Crippen LogP contribution < -0.4 is 5.32 Å². The molecule has 1 fully saturated rings. The first-order valence-electron chi connectivity index (χ1n) is 6.72. The van der Waals surface area contributed by atoms with Crippen LogP contribution in [0.1, 0.15) is 34.7 Å². The Morgan fingerprint density at radius 3 is 2.47 bits per heavy atom. The van der Waals surface area contributed by atoms with Crippen molar-refractivity contribution < 1.29 is 9.90 Å². The number of carboxylic acid groups (broad SMARTS) is 1. The van der Waals surface area contributed by atoms with Crippen molar-refractivity contribution in [2.45, 2.75) is 18.8 Å². The first kappa shape index (κ1) is 12.2. The average Bonchev–Trinajstić information content (AvgIpc) is 2.47. The standard InChI is InChI=1S/C16H17NO2/c18-16(19)15-4-3-13-9-12(1-2-14(13)10-15)11-5-7-17-8-6-11/h1-4,9-11,17H,5-8H2,(H,18,19). The molecular weight excluding hydrogens is 238 g/mol. The number of fused-ring (bicyclic) bond motifs is 1. The summed E-state index contributed by atoms with van der Waals surface area (Å²) in [5, 5.41) is 14.5. The number of nitrogens with one attached hydrogen (secondary N) is 1. The van der Waals surface area contributed by atoms with Gasteiger partial charge in [-0.25, -0.2) is 4.79 Å². The van der Waals surface area contributed by atoms with Gasteiger partial charge in [0.15, 0.2) is 0 Å². The molecule has 98 valence electrons. The van der Waals surface area contributed by atoms with E-state index in [1.807, 2.05) is 12.1 Å². The lowest BCUT2D eigenvalue weighted by molar-refractivity contribution is 0.0697. The Bertz CT molecular complexity index is 615. The second-order valence-electron chi connectivity index (χ2n) is 5.15. The minimum absolute atomic E-state index is 0.349. The minimum atomic E-state index is -0.871. The Kier molecular flexibility index (Phi) is 3.22. The predicted molar refractivity (Wildman–Crippen MR) is 75.8 cm³/mol. The van der Waals surface area contributed by atoms with Crippen LogP contribution in [0.15, 0.2) is 36.4 Å². The fraction of sp³-hybridized carbons (Fsp3) is 0.312. The molecule has 19 heavy (non-hydrogen) atoms. The summed E-state index contributed by atoms with van der Waals surface area (Å²) in [6.07, 6.45) is 2.36. The van der Waals surface area contributed by atoms with Gasteiger partial charge in [-0.3, -0.25) is 0 Å². The largest absolute Gasteiger partial charge is 0.478 e. The Morgan fingerprint density at radius 1 is 1.05 bits per heavy atom. The zero-order chi connectivity index (χ0) is 13.2. The lowest BCUT2D eigenvalue weighted by Gasteiger charge is -2.23. The van der Waals surface area contributed by atoms with E-state index < -0.39 is 5.97 Å². The summed E-state index contributed by atoms with van der Waals surface area (Å²) in [6, 6.07) is 11.7. The van der Waals surface area contributed by atoms with Gasteiger partial charge in [-0.05, 0) is 60.3 Å².